The minimum atomic E-state index is -4.10. The zero-order chi connectivity index (χ0) is 22.3. The number of nitrogens with one attached hydrogen (secondary N) is 1. The highest BCUT2D eigenvalue weighted by Crippen LogP contribution is 2.27. The molecule has 1 N–H and O–H groups in total. The van der Waals surface area contributed by atoms with E-state index < -0.39 is 27.4 Å². The molecule has 0 atom stereocenters. The minimum absolute atomic E-state index is 0.0131. The van der Waals surface area contributed by atoms with Crippen LogP contribution >= 0.6 is 0 Å². The highest BCUT2D eigenvalue weighted by Gasteiger charge is 2.29. The molecule has 1 amide bonds. The third kappa shape index (κ3) is 6.04. The van der Waals surface area contributed by atoms with Crippen LogP contribution in [-0.4, -0.2) is 31.8 Å². The van der Waals surface area contributed by atoms with Gasteiger partial charge in [-0.1, -0.05) is 56.4 Å². The van der Waals surface area contributed by atoms with Crippen LogP contribution in [-0.2, 0) is 14.8 Å². The van der Waals surface area contributed by atoms with E-state index in [0.717, 1.165) is 42.8 Å². The number of nitrogens with zero attached hydrogens (tertiary/aromatic N) is 2. The maximum Gasteiger partial charge on any atom is 0.271 e. The van der Waals surface area contributed by atoms with Crippen LogP contribution in [0.5, 0.6) is 0 Å². The molecule has 0 aliphatic heterocycles. The van der Waals surface area contributed by atoms with Crippen molar-refractivity contribution in [2.75, 3.05) is 10.8 Å². The Labute approximate surface area is 182 Å². The van der Waals surface area contributed by atoms with Gasteiger partial charge in [0, 0.05) is 18.2 Å². The number of nitro benzene ring substituents is 1. The number of carbonyl (C=O) groups excluding carboxylic acids is 1. The highest BCUT2D eigenvalue weighted by molar-refractivity contribution is 7.92. The van der Waals surface area contributed by atoms with Crippen molar-refractivity contribution >= 4 is 27.3 Å². The predicted molar refractivity (Wildman–Crippen MR) is 118 cm³/mol. The summed E-state index contributed by atoms with van der Waals surface area (Å²) < 4.78 is 27.6. The third-order valence-electron chi connectivity index (χ3n) is 5.42. The van der Waals surface area contributed by atoms with Gasteiger partial charge in [-0.3, -0.25) is 19.2 Å². The maximum absolute atomic E-state index is 13.3. The monoisotopic (exact) mass is 445 g/mol. The summed E-state index contributed by atoms with van der Waals surface area (Å²) in [5.41, 5.74) is -0.169. The SMILES string of the molecule is O=C(CN(c1cccc([N+](=O)[O-])c1)S(=O)(=O)c1ccccc1)NC1CCCCCCC1. The van der Waals surface area contributed by atoms with E-state index in [1.54, 1.807) is 18.2 Å². The third-order valence-corrected chi connectivity index (χ3v) is 7.21. The number of benzene rings is 2. The highest BCUT2D eigenvalue weighted by atomic mass is 32.2. The number of hydrogen-bond donors (Lipinski definition) is 1. The van der Waals surface area contributed by atoms with Crippen LogP contribution in [0.25, 0.3) is 0 Å². The van der Waals surface area contributed by atoms with Crippen molar-refractivity contribution in [1.82, 2.24) is 5.32 Å². The van der Waals surface area contributed by atoms with E-state index in [9.17, 15) is 23.3 Å². The van der Waals surface area contributed by atoms with Crippen LogP contribution in [0.3, 0.4) is 0 Å². The van der Waals surface area contributed by atoms with Crippen molar-refractivity contribution in [2.24, 2.45) is 0 Å². The largest absolute Gasteiger partial charge is 0.352 e. The van der Waals surface area contributed by atoms with Crippen molar-refractivity contribution in [3.63, 3.8) is 0 Å². The van der Waals surface area contributed by atoms with Crippen molar-refractivity contribution in [3.8, 4) is 0 Å². The van der Waals surface area contributed by atoms with Gasteiger partial charge in [-0.25, -0.2) is 8.42 Å². The van der Waals surface area contributed by atoms with Gasteiger partial charge in [0.15, 0.2) is 0 Å². The fraction of sp³-hybridized carbons (Fsp3) is 0.409. The number of carbonyl (C=O) groups is 1. The Morgan fingerprint density at radius 2 is 1.65 bits per heavy atom. The average molecular weight is 446 g/mol. The number of sulfonamides is 1. The van der Waals surface area contributed by atoms with E-state index in [1.807, 2.05) is 0 Å². The van der Waals surface area contributed by atoms with Gasteiger partial charge in [-0.2, -0.15) is 0 Å². The summed E-state index contributed by atoms with van der Waals surface area (Å²) in [5, 5.41) is 14.2. The Morgan fingerprint density at radius 1 is 1.00 bits per heavy atom. The van der Waals surface area contributed by atoms with E-state index in [0.29, 0.717) is 0 Å². The second-order valence-corrected chi connectivity index (χ2v) is 9.57. The molecule has 0 bridgehead atoms. The number of hydrogen-bond acceptors (Lipinski definition) is 5. The molecule has 0 unspecified atom stereocenters. The van der Waals surface area contributed by atoms with Crippen LogP contribution in [0, 0.1) is 10.1 Å². The summed E-state index contributed by atoms with van der Waals surface area (Å²) in [4.78, 5) is 23.5. The summed E-state index contributed by atoms with van der Waals surface area (Å²) in [6.07, 6.45) is 7.27. The molecule has 2 aromatic rings. The summed E-state index contributed by atoms with van der Waals surface area (Å²) in [5.74, 6) is -0.420. The molecule has 31 heavy (non-hydrogen) atoms. The summed E-state index contributed by atoms with van der Waals surface area (Å²) in [7, 11) is -4.10. The predicted octanol–water partition coefficient (Wildman–Crippen LogP) is 4.02. The lowest BCUT2D eigenvalue weighted by Crippen LogP contribution is -2.44. The van der Waals surface area contributed by atoms with Crippen LogP contribution in [0.15, 0.2) is 59.5 Å². The van der Waals surface area contributed by atoms with Gasteiger partial charge < -0.3 is 5.32 Å². The lowest BCUT2D eigenvalue weighted by molar-refractivity contribution is -0.384. The van der Waals surface area contributed by atoms with Crippen molar-refractivity contribution in [3.05, 3.63) is 64.7 Å². The molecule has 3 rings (SSSR count). The number of amides is 1. The number of anilines is 1. The molecular weight excluding hydrogens is 418 g/mol. The Hall–Kier alpha value is -2.94. The standard InChI is InChI=1S/C22H27N3O5S/c26-22(23-18-10-5-2-1-3-6-11-18)17-24(19-12-9-13-20(16-19)25(27)28)31(29,30)21-14-7-4-8-15-21/h4,7-9,12-16,18H,1-3,5-6,10-11,17H2,(H,23,26). The van der Waals surface area contributed by atoms with Gasteiger partial charge in [0.25, 0.3) is 15.7 Å². The van der Waals surface area contributed by atoms with E-state index in [4.69, 9.17) is 0 Å². The number of nitro groups is 1. The normalized spacial score (nSPS) is 15.5. The molecule has 0 saturated heterocycles. The van der Waals surface area contributed by atoms with E-state index in [-0.39, 0.29) is 22.3 Å². The lowest BCUT2D eigenvalue weighted by Gasteiger charge is -2.26. The minimum Gasteiger partial charge on any atom is -0.352 e. The van der Waals surface area contributed by atoms with Gasteiger partial charge in [-0.05, 0) is 31.0 Å². The van der Waals surface area contributed by atoms with Gasteiger partial charge in [0.2, 0.25) is 5.91 Å². The summed E-state index contributed by atoms with van der Waals surface area (Å²) in [6.45, 7) is -0.450. The molecule has 1 aliphatic carbocycles. The number of rotatable bonds is 7. The molecular formula is C22H27N3O5S. The molecule has 1 saturated carbocycles. The summed E-state index contributed by atoms with van der Waals surface area (Å²) in [6, 6.07) is 13.1. The second-order valence-electron chi connectivity index (χ2n) is 7.71. The van der Waals surface area contributed by atoms with E-state index >= 15 is 0 Å². The average Bonchev–Trinajstić information content (AvgIpc) is 2.74. The van der Waals surface area contributed by atoms with Gasteiger partial charge in [0.1, 0.15) is 6.54 Å². The molecule has 2 aromatic carbocycles. The van der Waals surface area contributed by atoms with Crippen LogP contribution in [0.2, 0.25) is 0 Å². The molecule has 166 valence electrons. The zero-order valence-electron chi connectivity index (χ0n) is 17.3. The fourth-order valence-electron chi connectivity index (χ4n) is 3.80. The van der Waals surface area contributed by atoms with Crippen LogP contribution < -0.4 is 9.62 Å². The maximum atomic E-state index is 13.3. The first-order valence-corrected chi connectivity index (χ1v) is 11.9. The molecule has 0 aromatic heterocycles. The second kappa shape index (κ2) is 10.4. The van der Waals surface area contributed by atoms with Gasteiger partial charge in [0.05, 0.1) is 15.5 Å². The van der Waals surface area contributed by atoms with Crippen LogP contribution in [0.1, 0.15) is 44.9 Å². The van der Waals surface area contributed by atoms with E-state index in [1.165, 1.54) is 42.8 Å². The molecule has 1 fully saturated rings. The molecule has 0 spiro atoms. The smallest absolute Gasteiger partial charge is 0.271 e. The topological polar surface area (TPSA) is 110 Å². The van der Waals surface area contributed by atoms with Gasteiger partial charge >= 0.3 is 0 Å². The Morgan fingerprint density at radius 3 is 2.29 bits per heavy atom. The van der Waals surface area contributed by atoms with E-state index in [2.05, 4.69) is 5.32 Å². The zero-order valence-corrected chi connectivity index (χ0v) is 18.1. The quantitative estimate of drug-likeness (QED) is 0.511. The lowest BCUT2D eigenvalue weighted by atomic mass is 9.97. The molecule has 0 radical (unpaired) electrons. The van der Waals surface area contributed by atoms with Crippen molar-refractivity contribution in [1.29, 1.82) is 0 Å². The first-order valence-electron chi connectivity index (χ1n) is 10.5. The molecule has 1 aliphatic rings. The fourth-order valence-corrected chi connectivity index (χ4v) is 5.23. The van der Waals surface area contributed by atoms with Crippen molar-refractivity contribution in [2.45, 2.75) is 55.9 Å². The van der Waals surface area contributed by atoms with Crippen molar-refractivity contribution < 1.29 is 18.1 Å². The Bertz CT molecular complexity index is 1000. The van der Waals surface area contributed by atoms with Crippen LogP contribution in [0.4, 0.5) is 11.4 Å². The Balaban J connectivity index is 1.88. The first kappa shape index (κ1) is 22.7. The van der Waals surface area contributed by atoms with Gasteiger partial charge in [-0.15, -0.1) is 0 Å². The molecule has 0 heterocycles. The molecule has 8 nitrogen and oxygen atoms in total. The Kier molecular flexibility index (Phi) is 7.62. The first-order chi connectivity index (χ1) is 14.9. The number of non-ortho nitro benzene ring substituents is 1. The molecule has 9 heteroatoms. The summed E-state index contributed by atoms with van der Waals surface area (Å²) >= 11 is 0.